The molecule has 6 atom stereocenters. The molecule has 4 aliphatic carbocycles. The highest BCUT2D eigenvalue weighted by Gasteiger charge is 2.67. The molecule has 0 aromatic rings. The molecule has 1 unspecified atom stereocenters. The van der Waals surface area contributed by atoms with Crippen molar-refractivity contribution in [3.8, 4) is 0 Å². The molecule has 0 heterocycles. The predicted molar refractivity (Wildman–Crippen MR) is 65.9 cm³/mol. The van der Waals surface area contributed by atoms with E-state index in [-0.39, 0.29) is 6.10 Å². The van der Waals surface area contributed by atoms with Gasteiger partial charge in [-0.15, -0.1) is 0 Å². The summed E-state index contributed by atoms with van der Waals surface area (Å²) in [6.45, 7) is 9.35. The molecule has 2 fully saturated rings. The summed E-state index contributed by atoms with van der Waals surface area (Å²) in [5.74, 6) is 3.73. The Kier molecular flexibility index (Phi) is 2.12. The molecule has 1 nitrogen and oxygen atoms in total. The number of aliphatic hydroxyl groups excluding tert-OH is 1. The van der Waals surface area contributed by atoms with E-state index in [0.29, 0.717) is 11.3 Å². The van der Waals surface area contributed by atoms with Crippen LogP contribution in [-0.4, -0.2) is 11.2 Å². The third-order valence-electron chi connectivity index (χ3n) is 5.93. The Morgan fingerprint density at radius 2 is 2.12 bits per heavy atom. The Morgan fingerprint density at radius 3 is 2.69 bits per heavy atom. The van der Waals surface area contributed by atoms with Crippen LogP contribution in [0.2, 0.25) is 0 Å². The highest BCUT2D eigenvalue weighted by atomic mass is 16.3. The molecule has 0 aliphatic heterocycles. The Bertz CT molecular complexity index is 343. The van der Waals surface area contributed by atoms with Gasteiger partial charge in [-0.1, -0.05) is 32.4 Å². The van der Waals surface area contributed by atoms with E-state index >= 15 is 0 Å². The van der Waals surface area contributed by atoms with Crippen LogP contribution in [0, 0.1) is 35.0 Å². The van der Waals surface area contributed by atoms with Gasteiger partial charge in [-0.05, 0) is 54.8 Å². The van der Waals surface area contributed by atoms with E-state index in [4.69, 9.17) is 0 Å². The van der Waals surface area contributed by atoms with Crippen molar-refractivity contribution in [2.24, 2.45) is 35.0 Å². The monoisotopic (exact) mass is 220 g/mol. The fourth-order valence-electron chi connectivity index (χ4n) is 5.38. The first-order chi connectivity index (χ1) is 7.47. The van der Waals surface area contributed by atoms with Crippen molar-refractivity contribution in [1.29, 1.82) is 0 Å². The van der Waals surface area contributed by atoms with Crippen LogP contribution < -0.4 is 0 Å². The second-order valence-corrected chi connectivity index (χ2v) is 6.93. The van der Waals surface area contributed by atoms with E-state index in [1.54, 1.807) is 0 Å². The fraction of sp³-hybridized carbons (Fsp3) is 0.867. The van der Waals surface area contributed by atoms with Crippen LogP contribution in [-0.2, 0) is 0 Å². The number of hydrogen-bond donors (Lipinski definition) is 1. The van der Waals surface area contributed by atoms with Crippen LogP contribution in [0.15, 0.2) is 11.6 Å². The van der Waals surface area contributed by atoms with E-state index in [0.717, 1.165) is 23.7 Å². The number of hydrogen-bond acceptors (Lipinski definition) is 1. The van der Waals surface area contributed by atoms with Gasteiger partial charge in [-0.2, -0.15) is 0 Å². The van der Waals surface area contributed by atoms with Crippen molar-refractivity contribution in [3.05, 3.63) is 11.6 Å². The molecule has 90 valence electrons. The lowest BCUT2D eigenvalue weighted by Crippen LogP contribution is -2.67. The molecular formula is C15H24O. The average molecular weight is 220 g/mol. The standard InChI is InChI=1S/C15H24O/c1-8(2)10-5-6-15(4)13-9(3)7-11(16)14(15)12(10)13/h7-8,10-14,16H,5-6H2,1-4H3/t10-,11+,12+,13+,14-,15?/m0/s1. The molecule has 4 aliphatic rings. The molecule has 0 radical (unpaired) electrons. The van der Waals surface area contributed by atoms with Gasteiger partial charge in [0.1, 0.15) is 0 Å². The van der Waals surface area contributed by atoms with Gasteiger partial charge >= 0.3 is 0 Å². The topological polar surface area (TPSA) is 20.2 Å². The molecule has 4 bridgehead atoms. The first-order valence-electron chi connectivity index (χ1n) is 6.83. The van der Waals surface area contributed by atoms with Gasteiger partial charge in [-0.3, -0.25) is 0 Å². The first kappa shape index (κ1) is 10.8. The zero-order valence-electron chi connectivity index (χ0n) is 10.9. The van der Waals surface area contributed by atoms with Crippen molar-refractivity contribution in [1.82, 2.24) is 0 Å². The van der Waals surface area contributed by atoms with Gasteiger partial charge in [0, 0.05) is 0 Å². The molecular weight excluding hydrogens is 196 g/mol. The SMILES string of the molecule is CC1=C[C@@H](O)[C@H]2[C@H]3[C@@H]1C2(C)CC[C@H]3C(C)C. The van der Waals surface area contributed by atoms with Gasteiger partial charge in [0.25, 0.3) is 0 Å². The summed E-state index contributed by atoms with van der Waals surface area (Å²) in [6, 6.07) is 0. The summed E-state index contributed by atoms with van der Waals surface area (Å²) in [7, 11) is 0. The van der Waals surface area contributed by atoms with Crippen molar-refractivity contribution in [2.45, 2.75) is 46.6 Å². The van der Waals surface area contributed by atoms with Crippen molar-refractivity contribution in [2.75, 3.05) is 0 Å². The minimum Gasteiger partial charge on any atom is -0.389 e. The first-order valence-corrected chi connectivity index (χ1v) is 6.83. The predicted octanol–water partition coefficient (Wildman–Crippen LogP) is 3.24. The van der Waals surface area contributed by atoms with E-state index in [9.17, 15) is 5.11 Å². The molecule has 0 aromatic heterocycles. The third-order valence-corrected chi connectivity index (χ3v) is 5.93. The minimum atomic E-state index is -0.165. The Morgan fingerprint density at radius 1 is 1.44 bits per heavy atom. The summed E-state index contributed by atoms with van der Waals surface area (Å²) >= 11 is 0. The van der Waals surface area contributed by atoms with E-state index < -0.39 is 0 Å². The largest absolute Gasteiger partial charge is 0.389 e. The van der Waals surface area contributed by atoms with Crippen LogP contribution in [0.4, 0.5) is 0 Å². The Balaban J connectivity index is 1.99. The fourth-order valence-corrected chi connectivity index (χ4v) is 5.38. The summed E-state index contributed by atoms with van der Waals surface area (Å²) < 4.78 is 0. The summed E-state index contributed by atoms with van der Waals surface area (Å²) in [5.41, 5.74) is 1.89. The van der Waals surface area contributed by atoms with E-state index in [1.807, 2.05) is 0 Å². The summed E-state index contributed by atoms with van der Waals surface area (Å²) in [6.07, 6.45) is 4.66. The maximum atomic E-state index is 10.3. The number of rotatable bonds is 1. The van der Waals surface area contributed by atoms with Crippen molar-refractivity contribution >= 4 is 0 Å². The second kappa shape index (κ2) is 3.13. The zero-order valence-corrected chi connectivity index (χ0v) is 10.9. The number of allylic oxidation sites excluding steroid dienone is 1. The molecule has 0 amide bonds. The molecule has 1 N–H and O–H groups in total. The Hall–Kier alpha value is -0.300. The molecule has 16 heavy (non-hydrogen) atoms. The average Bonchev–Trinajstić information content (AvgIpc) is 2.15. The van der Waals surface area contributed by atoms with Crippen LogP contribution in [0.25, 0.3) is 0 Å². The molecule has 0 aromatic carbocycles. The molecule has 0 spiro atoms. The van der Waals surface area contributed by atoms with Crippen molar-refractivity contribution < 1.29 is 5.11 Å². The maximum Gasteiger partial charge on any atom is 0.0760 e. The number of fused-ring (bicyclic) bond motifs is 1. The van der Waals surface area contributed by atoms with Crippen LogP contribution in [0.3, 0.4) is 0 Å². The lowest BCUT2D eigenvalue weighted by Gasteiger charge is -2.71. The van der Waals surface area contributed by atoms with Crippen LogP contribution >= 0.6 is 0 Å². The lowest BCUT2D eigenvalue weighted by molar-refractivity contribution is -0.215. The molecule has 0 saturated heterocycles. The highest BCUT2D eigenvalue weighted by molar-refractivity contribution is 5.31. The summed E-state index contributed by atoms with van der Waals surface area (Å²) in [5, 5.41) is 10.3. The van der Waals surface area contributed by atoms with Gasteiger partial charge in [-0.25, -0.2) is 0 Å². The molecule has 2 saturated carbocycles. The maximum absolute atomic E-state index is 10.3. The second-order valence-electron chi connectivity index (χ2n) is 6.93. The van der Waals surface area contributed by atoms with Gasteiger partial charge in [0.15, 0.2) is 0 Å². The van der Waals surface area contributed by atoms with E-state index in [1.165, 1.54) is 18.4 Å². The third kappa shape index (κ3) is 1.06. The van der Waals surface area contributed by atoms with Gasteiger partial charge < -0.3 is 5.11 Å². The minimum absolute atomic E-state index is 0.165. The zero-order chi connectivity index (χ0) is 11.7. The summed E-state index contributed by atoms with van der Waals surface area (Å²) in [4.78, 5) is 0. The molecule has 1 heteroatoms. The quantitative estimate of drug-likeness (QED) is 0.673. The normalized spacial score (nSPS) is 54.6. The van der Waals surface area contributed by atoms with Crippen LogP contribution in [0.5, 0.6) is 0 Å². The molecule has 4 rings (SSSR count). The van der Waals surface area contributed by atoms with Crippen molar-refractivity contribution in [3.63, 3.8) is 0 Å². The lowest BCUT2D eigenvalue weighted by atomic mass is 9.34. The smallest absolute Gasteiger partial charge is 0.0760 e. The Labute approximate surface area is 98.9 Å². The van der Waals surface area contributed by atoms with Gasteiger partial charge in [0.05, 0.1) is 6.10 Å². The number of aliphatic hydroxyl groups is 1. The van der Waals surface area contributed by atoms with E-state index in [2.05, 4.69) is 33.8 Å². The van der Waals surface area contributed by atoms with Gasteiger partial charge in [0.2, 0.25) is 0 Å². The van der Waals surface area contributed by atoms with Crippen LogP contribution in [0.1, 0.15) is 40.5 Å². The highest BCUT2D eigenvalue weighted by Crippen LogP contribution is 2.71.